The lowest BCUT2D eigenvalue weighted by atomic mass is 10.3. The summed E-state index contributed by atoms with van der Waals surface area (Å²) in [7, 11) is 5.04. The lowest BCUT2D eigenvalue weighted by Crippen LogP contribution is -1.87. The lowest BCUT2D eigenvalue weighted by Gasteiger charge is -2.11. The number of ether oxygens (including phenoxy) is 3. The SMILES string of the molecule is COc1ccc(Sc2ccc(OC)c(Sc3ccc(OC)cc3)c2)cc1. The largest absolute Gasteiger partial charge is 0.497 e. The van der Waals surface area contributed by atoms with Crippen LogP contribution >= 0.6 is 23.5 Å². The molecule has 0 N–H and O–H groups in total. The van der Waals surface area contributed by atoms with Crippen LogP contribution in [-0.4, -0.2) is 21.3 Å². The molecule has 3 rings (SSSR count). The molecule has 5 heteroatoms. The molecule has 0 saturated carbocycles. The Morgan fingerprint density at radius 2 is 1.04 bits per heavy atom. The average Bonchev–Trinajstić information content (AvgIpc) is 2.69. The molecule has 0 spiro atoms. The molecule has 0 aliphatic carbocycles. The number of hydrogen-bond acceptors (Lipinski definition) is 5. The molecule has 0 radical (unpaired) electrons. The van der Waals surface area contributed by atoms with Crippen LogP contribution in [-0.2, 0) is 0 Å². The third-order valence-electron chi connectivity index (χ3n) is 3.72. The average molecular weight is 385 g/mol. The molecule has 0 atom stereocenters. The van der Waals surface area contributed by atoms with E-state index in [1.165, 1.54) is 0 Å². The number of rotatable bonds is 7. The molecule has 0 amide bonds. The van der Waals surface area contributed by atoms with Gasteiger partial charge in [-0.05, 0) is 66.7 Å². The summed E-state index contributed by atoms with van der Waals surface area (Å²) in [5.74, 6) is 2.58. The zero-order valence-electron chi connectivity index (χ0n) is 14.9. The Morgan fingerprint density at radius 1 is 0.538 bits per heavy atom. The van der Waals surface area contributed by atoms with E-state index in [1.807, 2.05) is 42.5 Å². The first kappa shape index (κ1) is 18.5. The summed E-state index contributed by atoms with van der Waals surface area (Å²) >= 11 is 3.39. The van der Waals surface area contributed by atoms with E-state index in [4.69, 9.17) is 14.2 Å². The highest BCUT2D eigenvalue weighted by Crippen LogP contribution is 2.39. The van der Waals surface area contributed by atoms with Gasteiger partial charge in [0, 0.05) is 14.7 Å². The molecule has 0 unspecified atom stereocenters. The van der Waals surface area contributed by atoms with E-state index >= 15 is 0 Å². The standard InChI is InChI=1S/C21H20O3S2/c1-22-15-4-8-17(9-5-15)25-19-12-13-20(24-3)21(14-19)26-18-10-6-16(23-2)7-11-18/h4-14H,1-3H3. The first-order chi connectivity index (χ1) is 12.7. The molecule has 134 valence electrons. The maximum Gasteiger partial charge on any atom is 0.132 e. The lowest BCUT2D eigenvalue weighted by molar-refractivity contribution is 0.404. The van der Waals surface area contributed by atoms with Gasteiger partial charge in [0.25, 0.3) is 0 Å². The summed E-state index contributed by atoms with van der Waals surface area (Å²) in [5, 5.41) is 0. The highest BCUT2D eigenvalue weighted by atomic mass is 32.2. The molecule has 3 nitrogen and oxygen atoms in total. The molecule has 0 aromatic heterocycles. The molecule has 0 bridgehead atoms. The van der Waals surface area contributed by atoms with Crippen molar-refractivity contribution in [3.05, 3.63) is 66.7 Å². The summed E-state index contributed by atoms with van der Waals surface area (Å²) < 4.78 is 16.0. The fraction of sp³-hybridized carbons (Fsp3) is 0.143. The van der Waals surface area contributed by atoms with Crippen LogP contribution in [0.4, 0.5) is 0 Å². The maximum absolute atomic E-state index is 5.53. The van der Waals surface area contributed by atoms with Gasteiger partial charge in [-0.25, -0.2) is 0 Å². The molecular weight excluding hydrogens is 364 g/mol. The summed E-state index contributed by atoms with van der Waals surface area (Å²) in [6.45, 7) is 0. The van der Waals surface area contributed by atoms with Crippen molar-refractivity contribution in [3.63, 3.8) is 0 Å². The van der Waals surface area contributed by atoms with Crippen molar-refractivity contribution < 1.29 is 14.2 Å². The first-order valence-corrected chi connectivity index (χ1v) is 9.67. The highest BCUT2D eigenvalue weighted by Gasteiger charge is 2.08. The van der Waals surface area contributed by atoms with Crippen molar-refractivity contribution in [3.8, 4) is 17.2 Å². The Kier molecular flexibility index (Phi) is 6.36. The molecular formula is C21H20O3S2. The Balaban J connectivity index is 1.80. The molecule has 0 fully saturated rings. The fourth-order valence-corrected chi connectivity index (χ4v) is 4.25. The smallest absolute Gasteiger partial charge is 0.132 e. The first-order valence-electron chi connectivity index (χ1n) is 8.03. The van der Waals surface area contributed by atoms with Crippen LogP contribution < -0.4 is 14.2 Å². The summed E-state index contributed by atoms with van der Waals surface area (Å²) in [6.07, 6.45) is 0. The van der Waals surface area contributed by atoms with E-state index in [0.29, 0.717) is 0 Å². The zero-order valence-corrected chi connectivity index (χ0v) is 16.5. The monoisotopic (exact) mass is 384 g/mol. The van der Waals surface area contributed by atoms with Gasteiger partial charge in [0.2, 0.25) is 0 Å². The van der Waals surface area contributed by atoms with E-state index in [2.05, 4.69) is 24.3 Å². The molecule has 0 saturated heterocycles. The van der Waals surface area contributed by atoms with Gasteiger partial charge in [-0.15, -0.1) is 0 Å². The van der Waals surface area contributed by atoms with Crippen LogP contribution in [0.15, 0.2) is 86.3 Å². The van der Waals surface area contributed by atoms with E-state index in [0.717, 1.165) is 36.8 Å². The minimum Gasteiger partial charge on any atom is -0.497 e. The Hall–Kier alpha value is -2.24. The predicted molar refractivity (Wildman–Crippen MR) is 107 cm³/mol. The van der Waals surface area contributed by atoms with E-state index in [-0.39, 0.29) is 0 Å². The number of benzene rings is 3. The van der Waals surface area contributed by atoms with Gasteiger partial charge >= 0.3 is 0 Å². The highest BCUT2D eigenvalue weighted by molar-refractivity contribution is 8.00. The van der Waals surface area contributed by atoms with Gasteiger partial charge in [0.05, 0.1) is 26.2 Å². The van der Waals surface area contributed by atoms with Gasteiger partial charge in [-0.2, -0.15) is 0 Å². The van der Waals surface area contributed by atoms with Crippen LogP contribution in [0.3, 0.4) is 0 Å². The molecule has 26 heavy (non-hydrogen) atoms. The van der Waals surface area contributed by atoms with E-state index < -0.39 is 0 Å². The summed E-state index contributed by atoms with van der Waals surface area (Å²) in [4.78, 5) is 4.54. The van der Waals surface area contributed by atoms with Gasteiger partial charge in [-0.3, -0.25) is 0 Å². The normalized spacial score (nSPS) is 10.4. The van der Waals surface area contributed by atoms with Crippen molar-refractivity contribution in [1.29, 1.82) is 0 Å². The molecule has 3 aromatic rings. The van der Waals surface area contributed by atoms with Crippen molar-refractivity contribution in [2.75, 3.05) is 21.3 Å². The minimum absolute atomic E-state index is 0.852. The topological polar surface area (TPSA) is 27.7 Å². The maximum atomic E-state index is 5.53. The molecule has 0 aliphatic rings. The third-order valence-corrected chi connectivity index (χ3v) is 5.76. The fourth-order valence-electron chi connectivity index (χ4n) is 2.35. The summed E-state index contributed by atoms with van der Waals surface area (Å²) in [6, 6.07) is 22.3. The third kappa shape index (κ3) is 4.68. The van der Waals surface area contributed by atoms with Crippen LogP contribution in [0.5, 0.6) is 17.2 Å². The van der Waals surface area contributed by atoms with Crippen molar-refractivity contribution in [2.45, 2.75) is 19.6 Å². The van der Waals surface area contributed by atoms with E-state index in [1.54, 1.807) is 44.9 Å². The predicted octanol–water partition coefficient (Wildman–Crippen LogP) is 6.01. The summed E-state index contributed by atoms with van der Waals surface area (Å²) in [5.41, 5.74) is 0. The van der Waals surface area contributed by atoms with Crippen molar-refractivity contribution >= 4 is 23.5 Å². The van der Waals surface area contributed by atoms with Gasteiger partial charge in [0.15, 0.2) is 0 Å². The quantitative estimate of drug-likeness (QED) is 0.497. The zero-order chi connectivity index (χ0) is 18.4. The molecule has 0 heterocycles. The van der Waals surface area contributed by atoms with Crippen LogP contribution in [0.2, 0.25) is 0 Å². The molecule has 0 aliphatic heterocycles. The second kappa shape index (κ2) is 8.92. The molecule has 3 aromatic carbocycles. The second-order valence-electron chi connectivity index (χ2n) is 5.37. The van der Waals surface area contributed by atoms with Crippen LogP contribution in [0, 0.1) is 0 Å². The Labute approximate surface area is 162 Å². The van der Waals surface area contributed by atoms with Crippen molar-refractivity contribution in [2.24, 2.45) is 0 Å². The van der Waals surface area contributed by atoms with E-state index in [9.17, 15) is 0 Å². The van der Waals surface area contributed by atoms with Crippen molar-refractivity contribution in [1.82, 2.24) is 0 Å². The minimum atomic E-state index is 0.852. The van der Waals surface area contributed by atoms with Crippen LogP contribution in [0.1, 0.15) is 0 Å². The number of hydrogen-bond donors (Lipinski definition) is 0. The van der Waals surface area contributed by atoms with Crippen LogP contribution in [0.25, 0.3) is 0 Å². The second-order valence-corrected chi connectivity index (χ2v) is 7.63. The van der Waals surface area contributed by atoms with Gasteiger partial charge in [0.1, 0.15) is 17.2 Å². The number of methoxy groups -OCH3 is 3. The Bertz CT molecular complexity index is 846. The van der Waals surface area contributed by atoms with Gasteiger partial charge in [-0.1, -0.05) is 23.5 Å². The van der Waals surface area contributed by atoms with Gasteiger partial charge < -0.3 is 14.2 Å². The Morgan fingerprint density at radius 3 is 1.54 bits per heavy atom.